The quantitative estimate of drug-likeness (QED) is 0.595. The number of hydrogen-bond donors (Lipinski definition) is 1. The Hall–Kier alpha value is -2.32. The summed E-state index contributed by atoms with van der Waals surface area (Å²) in [5.74, 6) is -1.11. The van der Waals surface area contributed by atoms with Crippen LogP contribution >= 0.6 is 11.6 Å². The van der Waals surface area contributed by atoms with Crippen molar-refractivity contribution in [1.82, 2.24) is 0 Å². The molecule has 1 aromatic rings. The number of carboxylic acid groups (broad SMARTS) is 1. The molecule has 0 heterocycles. The van der Waals surface area contributed by atoms with Crippen LogP contribution in [0.15, 0.2) is 83.5 Å². The molecule has 0 aliphatic heterocycles. The van der Waals surface area contributed by atoms with Crippen molar-refractivity contribution in [3.63, 3.8) is 0 Å². The highest BCUT2D eigenvalue weighted by molar-refractivity contribution is 6.34. The lowest BCUT2D eigenvalue weighted by molar-refractivity contribution is -0.132. The van der Waals surface area contributed by atoms with Gasteiger partial charge >= 0.3 is 5.97 Å². The molecule has 0 saturated carbocycles. The van der Waals surface area contributed by atoms with E-state index in [9.17, 15) is 9.90 Å². The van der Waals surface area contributed by atoms with Gasteiger partial charge in [0, 0.05) is 5.03 Å². The highest BCUT2D eigenvalue weighted by Gasteiger charge is 2.13. The minimum Gasteiger partial charge on any atom is -0.478 e. The van der Waals surface area contributed by atoms with E-state index in [-0.39, 0.29) is 10.6 Å². The van der Waals surface area contributed by atoms with E-state index in [2.05, 4.69) is 13.2 Å². The normalized spacial score (nSPS) is 13.0. The molecule has 0 spiro atoms. The van der Waals surface area contributed by atoms with Gasteiger partial charge < -0.3 is 5.11 Å². The van der Waals surface area contributed by atoms with Crippen molar-refractivity contribution in [3.8, 4) is 0 Å². The molecule has 0 bridgehead atoms. The van der Waals surface area contributed by atoms with Gasteiger partial charge in [0.1, 0.15) is 0 Å². The molecule has 0 unspecified atom stereocenters. The molecule has 0 atom stereocenters. The number of aliphatic carboxylic acids is 1. The van der Waals surface area contributed by atoms with Crippen molar-refractivity contribution >= 4 is 23.6 Å². The van der Waals surface area contributed by atoms with Gasteiger partial charge in [0.25, 0.3) is 0 Å². The second kappa shape index (κ2) is 8.08. The van der Waals surface area contributed by atoms with Gasteiger partial charge in [-0.15, -0.1) is 0 Å². The highest BCUT2D eigenvalue weighted by atomic mass is 35.5. The van der Waals surface area contributed by atoms with E-state index in [1.54, 1.807) is 18.2 Å². The number of rotatable bonds is 6. The molecule has 0 radical (unpaired) electrons. The largest absolute Gasteiger partial charge is 0.478 e. The molecule has 1 aromatic carbocycles. The fourth-order valence-corrected chi connectivity index (χ4v) is 1.84. The van der Waals surface area contributed by atoms with Crippen LogP contribution in [-0.4, -0.2) is 11.1 Å². The summed E-state index contributed by atoms with van der Waals surface area (Å²) in [6.45, 7) is 9.02. The third-order valence-corrected chi connectivity index (χ3v) is 2.92. The zero-order chi connectivity index (χ0) is 15.8. The SMILES string of the molecule is C=CC(C)=CC(C=Cc1ccccc1)=C(C(=C)Cl)C(=O)O. The molecule has 0 saturated heterocycles. The van der Waals surface area contributed by atoms with Crippen molar-refractivity contribution in [2.45, 2.75) is 6.92 Å². The summed E-state index contributed by atoms with van der Waals surface area (Å²) in [6, 6.07) is 9.58. The second-order valence-electron chi connectivity index (χ2n) is 4.38. The van der Waals surface area contributed by atoms with Gasteiger partial charge in [-0.25, -0.2) is 4.79 Å². The monoisotopic (exact) mass is 300 g/mol. The Balaban J connectivity index is 3.36. The third kappa shape index (κ3) is 5.28. The van der Waals surface area contributed by atoms with Crippen LogP contribution in [0.25, 0.3) is 6.08 Å². The molecule has 0 aliphatic rings. The van der Waals surface area contributed by atoms with Gasteiger partial charge in [0.05, 0.1) is 5.57 Å². The van der Waals surface area contributed by atoms with Gasteiger partial charge in [-0.3, -0.25) is 0 Å². The van der Waals surface area contributed by atoms with Crippen LogP contribution in [0.2, 0.25) is 0 Å². The average molecular weight is 301 g/mol. The summed E-state index contributed by atoms with van der Waals surface area (Å²) >= 11 is 5.82. The standard InChI is InChI=1S/C18H17ClO2/c1-4-13(2)12-16(17(14(3)19)18(20)21)11-10-15-8-6-5-7-9-15/h4-12H,1,3H2,2H3,(H,20,21). The number of carboxylic acids is 1. The minimum absolute atomic E-state index is 0.0108. The van der Waals surface area contributed by atoms with Crippen LogP contribution in [0.1, 0.15) is 12.5 Å². The Kier molecular flexibility index (Phi) is 6.44. The van der Waals surface area contributed by atoms with E-state index in [0.717, 1.165) is 11.1 Å². The lowest BCUT2D eigenvalue weighted by Crippen LogP contribution is -2.03. The first-order chi connectivity index (χ1) is 9.95. The molecule has 0 amide bonds. The van der Waals surface area contributed by atoms with Crippen LogP contribution in [0.5, 0.6) is 0 Å². The molecule has 0 fully saturated rings. The molecule has 108 valence electrons. The number of carbonyl (C=O) groups is 1. The van der Waals surface area contributed by atoms with Crippen molar-refractivity contribution in [2.24, 2.45) is 0 Å². The maximum Gasteiger partial charge on any atom is 0.337 e. The molecular formula is C18H17ClO2. The smallest absolute Gasteiger partial charge is 0.337 e. The molecule has 3 heteroatoms. The average Bonchev–Trinajstić information content (AvgIpc) is 2.44. The van der Waals surface area contributed by atoms with E-state index >= 15 is 0 Å². The summed E-state index contributed by atoms with van der Waals surface area (Å²) in [5, 5.41) is 9.29. The number of hydrogen-bond acceptors (Lipinski definition) is 1. The summed E-state index contributed by atoms with van der Waals surface area (Å²) in [5.41, 5.74) is 2.25. The van der Waals surface area contributed by atoms with Gasteiger partial charge in [0.15, 0.2) is 0 Å². The van der Waals surface area contributed by atoms with E-state index in [4.69, 9.17) is 11.6 Å². The first kappa shape index (κ1) is 16.7. The molecule has 2 nitrogen and oxygen atoms in total. The number of benzene rings is 1. The Morgan fingerprint density at radius 2 is 1.90 bits per heavy atom. The first-order valence-electron chi connectivity index (χ1n) is 6.32. The van der Waals surface area contributed by atoms with Crippen LogP contribution in [-0.2, 0) is 4.79 Å². The first-order valence-corrected chi connectivity index (χ1v) is 6.69. The van der Waals surface area contributed by atoms with E-state index in [1.807, 2.05) is 43.3 Å². The summed E-state index contributed by atoms with van der Waals surface area (Å²) in [6.07, 6.45) is 6.89. The summed E-state index contributed by atoms with van der Waals surface area (Å²) in [7, 11) is 0. The Morgan fingerprint density at radius 1 is 1.29 bits per heavy atom. The van der Waals surface area contributed by atoms with E-state index in [0.29, 0.717) is 5.57 Å². The fraction of sp³-hybridized carbons (Fsp3) is 0.0556. The predicted octanol–water partition coefficient (Wildman–Crippen LogP) is 4.97. The molecule has 1 rings (SSSR count). The topological polar surface area (TPSA) is 37.3 Å². The lowest BCUT2D eigenvalue weighted by Gasteiger charge is -2.05. The maximum absolute atomic E-state index is 11.4. The second-order valence-corrected chi connectivity index (χ2v) is 4.83. The van der Waals surface area contributed by atoms with Gasteiger partial charge in [-0.05, 0) is 18.1 Å². The fourth-order valence-electron chi connectivity index (χ4n) is 1.65. The van der Waals surface area contributed by atoms with Crippen molar-refractivity contribution < 1.29 is 9.90 Å². The van der Waals surface area contributed by atoms with Gasteiger partial charge in [-0.2, -0.15) is 0 Å². The van der Waals surface area contributed by atoms with Crippen LogP contribution < -0.4 is 0 Å². The highest BCUT2D eigenvalue weighted by Crippen LogP contribution is 2.21. The van der Waals surface area contributed by atoms with Crippen LogP contribution in [0, 0.1) is 0 Å². The van der Waals surface area contributed by atoms with Crippen LogP contribution in [0.3, 0.4) is 0 Å². The van der Waals surface area contributed by atoms with Crippen molar-refractivity contribution in [3.05, 3.63) is 89.0 Å². The van der Waals surface area contributed by atoms with Gasteiger partial charge in [0.2, 0.25) is 0 Å². The molecule has 0 aromatic heterocycles. The van der Waals surface area contributed by atoms with E-state index in [1.165, 1.54) is 0 Å². The molecule has 0 aliphatic carbocycles. The summed E-state index contributed by atoms with van der Waals surface area (Å²) < 4.78 is 0. The lowest BCUT2D eigenvalue weighted by atomic mass is 10.0. The molecule has 21 heavy (non-hydrogen) atoms. The minimum atomic E-state index is -1.11. The Bertz CT molecular complexity index is 618. The molecular weight excluding hydrogens is 284 g/mol. The zero-order valence-corrected chi connectivity index (χ0v) is 12.6. The van der Waals surface area contributed by atoms with Crippen molar-refractivity contribution in [1.29, 1.82) is 0 Å². The third-order valence-electron chi connectivity index (χ3n) is 2.73. The number of allylic oxidation sites excluding steroid dienone is 5. The van der Waals surface area contributed by atoms with Crippen LogP contribution in [0.4, 0.5) is 0 Å². The summed E-state index contributed by atoms with van der Waals surface area (Å²) in [4.78, 5) is 11.4. The maximum atomic E-state index is 11.4. The Labute approximate surface area is 130 Å². The van der Waals surface area contributed by atoms with E-state index < -0.39 is 5.97 Å². The number of halogens is 1. The predicted molar refractivity (Wildman–Crippen MR) is 89.1 cm³/mol. The molecule has 1 N–H and O–H groups in total. The van der Waals surface area contributed by atoms with Crippen molar-refractivity contribution in [2.75, 3.05) is 0 Å². The Morgan fingerprint density at radius 3 is 2.38 bits per heavy atom. The zero-order valence-electron chi connectivity index (χ0n) is 11.8. The van der Waals surface area contributed by atoms with Gasteiger partial charge in [-0.1, -0.05) is 85.0 Å².